The Morgan fingerprint density at radius 1 is 1.16 bits per heavy atom. The van der Waals surface area contributed by atoms with Crippen molar-refractivity contribution in [1.82, 2.24) is 0 Å². The van der Waals surface area contributed by atoms with Gasteiger partial charge in [0.2, 0.25) is 0 Å². The Bertz CT molecular complexity index is 816. The molecule has 0 atom stereocenters. The summed E-state index contributed by atoms with van der Waals surface area (Å²) in [5.41, 5.74) is -0.783. The van der Waals surface area contributed by atoms with Crippen LogP contribution in [-0.2, 0) is 22.3 Å². The second kappa shape index (κ2) is 7.61. The number of halogens is 3. The first kappa shape index (κ1) is 18.2. The third-order valence-electron chi connectivity index (χ3n) is 3.19. The number of nitro groups is 1. The van der Waals surface area contributed by atoms with E-state index in [-0.39, 0.29) is 11.3 Å². The number of alkyl halides is 3. The van der Waals surface area contributed by atoms with Crippen molar-refractivity contribution in [1.29, 1.82) is 0 Å². The molecule has 0 spiro atoms. The van der Waals surface area contributed by atoms with Crippen LogP contribution >= 0.6 is 0 Å². The lowest BCUT2D eigenvalue weighted by Crippen LogP contribution is -2.11. The molecule has 25 heavy (non-hydrogen) atoms. The van der Waals surface area contributed by atoms with Crippen LogP contribution in [0.15, 0.2) is 54.6 Å². The van der Waals surface area contributed by atoms with Crippen LogP contribution in [0.25, 0.3) is 6.08 Å². The van der Waals surface area contributed by atoms with E-state index >= 15 is 0 Å². The first-order chi connectivity index (χ1) is 11.8. The molecule has 0 aliphatic heterocycles. The van der Waals surface area contributed by atoms with Gasteiger partial charge in [-0.1, -0.05) is 30.3 Å². The van der Waals surface area contributed by atoms with Crippen LogP contribution in [0.4, 0.5) is 18.9 Å². The molecule has 0 aliphatic carbocycles. The standard InChI is InChI=1S/C17H12F3NO4/c18-17(19,20)15-7-2-1-5-13(15)11-25-16(22)9-8-12-4-3-6-14(10-12)21(23)24/h1-10H,11H2/b9-8+. The summed E-state index contributed by atoms with van der Waals surface area (Å²) in [6.45, 7) is -0.534. The first-order valence-electron chi connectivity index (χ1n) is 7.02. The number of esters is 1. The van der Waals surface area contributed by atoms with E-state index < -0.39 is 29.2 Å². The molecular formula is C17H12F3NO4. The summed E-state index contributed by atoms with van der Waals surface area (Å²) in [7, 11) is 0. The summed E-state index contributed by atoms with van der Waals surface area (Å²) in [6, 6.07) is 10.3. The molecule has 0 heterocycles. The van der Waals surface area contributed by atoms with Crippen LogP contribution in [0, 0.1) is 10.1 Å². The van der Waals surface area contributed by atoms with Crippen LogP contribution in [0.1, 0.15) is 16.7 Å². The molecule has 2 aromatic carbocycles. The molecule has 0 aliphatic rings. The minimum atomic E-state index is -4.54. The molecule has 2 aromatic rings. The van der Waals surface area contributed by atoms with Crippen LogP contribution in [0.3, 0.4) is 0 Å². The van der Waals surface area contributed by atoms with Gasteiger partial charge < -0.3 is 4.74 Å². The van der Waals surface area contributed by atoms with E-state index in [2.05, 4.69) is 0 Å². The van der Waals surface area contributed by atoms with E-state index in [1.54, 1.807) is 0 Å². The fourth-order valence-electron chi connectivity index (χ4n) is 2.03. The Balaban J connectivity index is 2.02. The van der Waals surface area contributed by atoms with Crippen molar-refractivity contribution < 1.29 is 27.6 Å². The SMILES string of the molecule is O=C(/C=C/c1cccc([N+](=O)[O-])c1)OCc1ccccc1C(F)(F)F. The molecule has 0 saturated heterocycles. The minimum Gasteiger partial charge on any atom is -0.458 e. The van der Waals surface area contributed by atoms with E-state index in [4.69, 9.17) is 4.74 Å². The molecular weight excluding hydrogens is 339 g/mol. The van der Waals surface area contributed by atoms with Crippen LogP contribution in [0.2, 0.25) is 0 Å². The summed E-state index contributed by atoms with van der Waals surface area (Å²) in [5, 5.41) is 10.7. The van der Waals surface area contributed by atoms with Gasteiger partial charge in [-0.2, -0.15) is 13.2 Å². The molecule has 0 radical (unpaired) electrons. The van der Waals surface area contributed by atoms with Gasteiger partial charge in [-0.05, 0) is 17.7 Å². The van der Waals surface area contributed by atoms with Crippen molar-refractivity contribution in [3.8, 4) is 0 Å². The number of hydrogen-bond donors (Lipinski definition) is 0. The van der Waals surface area contributed by atoms with E-state index in [0.29, 0.717) is 5.56 Å². The molecule has 5 nitrogen and oxygen atoms in total. The van der Waals surface area contributed by atoms with Gasteiger partial charge in [0.05, 0.1) is 10.5 Å². The lowest BCUT2D eigenvalue weighted by Gasteiger charge is -2.12. The number of ether oxygens (including phenoxy) is 1. The minimum absolute atomic E-state index is 0.144. The maximum Gasteiger partial charge on any atom is 0.416 e. The largest absolute Gasteiger partial charge is 0.458 e. The number of carbonyl (C=O) groups is 1. The number of non-ortho nitro benzene ring substituents is 1. The highest BCUT2D eigenvalue weighted by molar-refractivity contribution is 5.87. The summed E-state index contributed by atoms with van der Waals surface area (Å²) in [4.78, 5) is 21.7. The second-order valence-corrected chi connectivity index (χ2v) is 4.95. The molecule has 0 bridgehead atoms. The predicted molar refractivity (Wildman–Crippen MR) is 83.4 cm³/mol. The first-order valence-corrected chi connectivity index (χ1v) is 7.02. The van der Waals surface area contributed by atoms with E-state index in [1.807, 2.05) is 0 Å². The zero-order chi connectivity index (χ0) is 18.4. The maximum atomic E-state index is 12.8. The molecule has 130 valence electrons. The lowest BCUT2D eigenvalue weighted by atomic mass is 10.1. The third-order valence-corrected chi connectivity index (χ3v) is 3.19. The Labute approximate surface area is 140 Å². The molecule has 0 unspecified atom stereocenters. The fraction of sp³-hybridized carbons (Fsp3) is 0.118. The Morgan fingerprint density at radius 2 is 1.88 bits per heavy atom. The van der Waals surface area contributed by atoms with E-state index in [0.717, 1.165) is 12.1 Å². The number of hydrogen-bond acceptors (Lipinski definition) is 4. The number of rotatable bonds is 5. The molecule has 0 N–H and O–H groups in total. The highest BCUT2D eigenvalue weighted by atomic mass is 19.4. The van der Waals surface area contributed by atoms with Gasteiger partial charge in [0.15, 0.2) is 0 Å². The monoisotopic (exact) mass is 351 g/mol. The second-order valence-electron chi connectivity index (χ2n) is 4.95. The molecule has 2 rings (SSSR count). The number of benzene rings is 2. The van der Waals surface area contributed by atoms with Crippen LogP contribution < -0.4 is 0 Å². The van der Waals surface area contributed by atoms with Crippen LogP contribution in [0.5, 0.6) is 0 Å². The average molecular weight is 351 g/mol. The molecule has 8 heteroatoms. The Hall–Kier alpha value is -3.16. The van der Waals surface area contributed by atoms with Gasteiger partial charge in [-0.25, -0.2) is 4.79 Å². The van der Waals surface area contributed by atoms with Gasteiger partial charge in [0.1, 0.15) is 6.61 Å². The van der Waals surface area contributed by atoms with Crippen molar-refractivity contribution in [3.05, 3.63) is 81.4 Å². The van der Waals surface area contributed by atoms with Gasteiger partial charge in [-0.15, -0.1) is 0 Å². The normalized spacial score (nSPS) is 11.5. The number of nitro benzene ring substituents is 1. The van der Waals surface area contributed by atoms with Gasteiger partial charge in [0, 0.05) is 23.8 Å². The van der Waals surface area contributed by atoms with E-state index in [1.165, 1.54) is 48.5 Å². The number of carbonyl (C=O) groups excluding carboxylic acids is 1. The lowest BCUT2D eigenvalue weighted by molar-refractivity contribution is -0.384. The zero-order valence-electron chi connectivity index (χ0n) is 12.7. The quantitative estimate of drug-likeness (QED) is 0.347. The fourth-order valence-corrected chi connectivity index (χ4v) is 2.03. The van der Waals surface area contributed by atoms with Gasteiger partial charge >= 0.3 is 12.1 Å². The van der Waals surface area contributed by atoms with Gasteiger partial charge in [0.25, 0.3) is 5.69 Å². The van der Waals surface area contributed by atoms with Crippen molar-refractivity contribution in [2.75, 3.05) is 0 Å². The van der Waals surface area contributed by atoms with Crippen molar-refractivity contribution in [2.45, 2.75) is 12.8 Å². The molecule has 0 fully saturated rings. The van der Waals surface area contributed by atoms with E-state index in [9.17, 15) is 28.1 Å². The third kappa shape index (κ3) is 5.17. The summed E-state index contributed by atoms with van der Waals surface area (Å²) in [6.07, 6.45) is -2.26. The summed E-state index contributed by atoms with van der Waals surface area (Å²) < 4.78 is 43.3. The summed E-state index contributed by atoms with van der Waals surface area (Å²) >= 11 is 0. The molecule has 0 aromatic heterocycles. The van der Waals surface area contributed by atoms with Crippen molar-refractivity contribution in [3.63, 3.8) is 0 Å². The average Bonchev–Trinajstić information content (AvgIpc) is 2.58. The van der Waals surface area contributed by atoms with Crippen LogP contribution in [-0.4, -0.2) is 10.9 Å². The molecule has 0 amide bonds. The smallest absolute Gasteiger partial charge is 0.416 e. The highest BCUT2D eigenvalue weighted by Gasteiger charge is 2.33. The highest BCUT2D eigenvalue weighted by Crippen LogP contribution is 2.32. The van der Waals surface area contributed by atoms with Gasteiger partial charge in [-0.3, -0.25) is 10.1 Å². The van der Waals surface area contributed by atoms with Crippen molar-refractivity contribution >= 4 is 17.7 Å². The molecule has 0 saturated carbocycles. The van der Waals surface area contributed by atoms with Crippen molar-refractivity contribution in [2.24, 2.45) is 0 Å². The summed E-state index contributed by atoms with van der Waals surface area (Å²) in [5.74, 6) is -0.858. The Morgan fingerprint density at radius 3 is 2.56 bits per heavy atom. The maximum absolute atomic E-state index is 12.8. The topological polar surface area (TPSA) is 69.4 Å². The zero-order valence-corrected chi connectivity index (χ0v) is 12.7. The predicted octanol–water partition coefficient (Wildman–Crippen LogP) is 4.37. The Kier molecular flexibility index (Phi) is 5.53. The number of nitrogens with zero attached hydrogens (tertiary/aromatic N) is 1.